The fourth-order valence-electron chi connectivity index (χ4n) is 1.38. The second-order valence-corrected chi connectivity index (χ2v) is 4.11. The third kappa shape index (κ3) is 4.51. The van der Waals surface area contributed by atoms with Crippen LogP contribution in [-0.2, 0) is 0 Å². The van der Waals surface area contributed by atoms with Crippen LogP contribution in [0, 0.1) is 10.1 Å². The van der Waals surface area contributed by atoms with E-state index in [9.17, 15) is 14.9 Å². The van der Waals surface area contributed by atoms with E-state index in [1.165, 1.54) is 0 Å². The van der Waals surface area contributed by atoms with E-state index in [0.717, 1.165) is 25.2 Å². The van der Waals surface area contributed by atoms with Crippen molar-refractivity contribution in [1.29, 1.82) is 0 Å². The molecule has 0 aromatic carbocycles. The van der Waals surface area contributed by atoms with E-state index >= 15 is 0 Å². The van der Waals surface area contributed by atoms with Crippen LogP contribution >= 0.6 is 0 Å². The minimum Gasteiger partial charge on any atom is -0.478 e. The van der Waals surface area contributed by atoms with E-state index in [1.807, 2.05) is 19.0 Å². The predicted molar refractivity (Wildman–Crippen MR) is 66.5 cm³/mol. The van der Waals surface area contributed by atoms with Crippen molar-refractivity contribution in [2.24, 2.45) is 0 Å². The van der Waals surface area contributed by atoms with Crippen LogP contribution in [0.15, 0.2) is 12.3 Å². The molecule has 0 bridgehead atoms. The Hall–Kier alpha value is -2.22. The van der Waals surface area contributed by atoms with Crippen LogP contribution < -0.4 is 4.74 Å². The number of carboxylic acids is 1. The van der Waals surface area contributed by atoms with Gasteiger partial charge in [-0.3, -0.25) is 10.1 Å². The van der Waals surface area contributed by atoms with Crippen molar-refractivity contribution in [1.82, 2.24) is 9.88 Å². The summed E-state index contributed by atoms with van der Waals surface area (Å²) in [5, 5.41) is 19.5. The van der Waals surface area contributed by atoms with Gasteiger partial charge in [-0.15, -0.1) is 0 Å². The fourth-order valence-corrected chi connectivity index (χ4v) is 1.38. The number of aromatic carboxylic acids is 1. The molecule has 1 aromatic heterocycles. The lowest BCUT2D eigenvalue weighted by Gasteiger charge is -2.10. The zero-order valence-corrected chi connectivity index (χ0v) is 10.7. The SMILES string of the molecule is CN(C)CCCOc1cc(C(=O)O)c([N+](=O)[O-])cn1. The van der Waals surface area contributed by atoms with Crippen LogP contribution in [0.4, 0.5) is 5.69 Å². The molecule has 0 amide bonds. The Bertz CT molecular complexity index is 475. The van der Waals surface area contributed by atoms with Crippen LogP contribution in [-0.4, -0.2) is 53.1 Å². The molecule has 1 N–H and O–H groups in total. The normalized spacial score (nSPS) is 10.5. The van der Waals surface area contributed by atoms with Gasteiger partial charge in [0.05, 0.1) is 11.5 Å². The lowest BCUT2D eigenvalue weighted by atomic mass is 10.2. The van der Waals surface area contributed by atoms with E-state index in [1.54, 1.807) is 0 Å². The van der Waals surface area contributed by atoms with Gasteiger partial charge in [-0.05, 0) is 20.5 Å². The number of aromatic nitrogens is 1. The molecule has 0 saturated heterocycles. The summed E-state index contributed by atoms with van der Waals surface area (Å²) in [6, 6.07) is 1.07. The molecule has 0 aliphatic rings. The number of pyridine rings is 1. The van der Waals surface area contributed by atoms with Crippen molar-refractivity contribution in [2.45, 2.75) is 6.42 Å². The molecular weight excluding hydrogens is 254 g/mol. The van der Waals surface area contributed by atoms with Crippen LogP contribution in [0.3, 0.4) is 0 Å². The van der Waals surface area contributed by atoms with Crippen molar-refractivity contribution >= 4 is 11.7 Å². The zero-order chi connectivity index (χ0) is 14.4. The van der Waals surface area contributed by atoms with Crippen LogP contribution in [0.2, 0.25) is 0 Å². The van der Waals surface area contributed by atoms with Crippen LogP contribution in [0.5, 0.6) is 5.88 Å². The monoisotopic (exact) mass is 269 g/mol. The van der Waals surface area contributed by atoms with Crippen molar-refractivity contribution in [3.05, 3.63) is 27.9 Å². The zero-order valence-electron chi connectivity index (χ0n) is 10.7. The predicted octanol–water partition coefficient (Wildman–Crippen LogP) is 1.02. The summed E-state index contributed by atoms with van der Waals surface area (Å²) in [5.74, 6) is -1.31. The number of rotatable bonds is 7. The number of nitro groups is 1. The van der Waals surface area contributed by atoms with E-state index in [-0.39, 0.29) is 5.88 Å². The molecule has 8 nitrogen and oxygen atoms in total. The Balaban J connectivity index is 2.73. The highest BCUT2D eigenvalue weighted by molar-refractivity contribution is 5.92. The quantitative estimate of drug-likeness (QED) is 0.447. The summed E-state index contributed by atoms with van der Waals surface area (Å²) >= 11 is 0. The second kappa shape index (κ2) is 6.64. The molecule has 1 aromatic rings. The third-order valence-corrected chi connectivity index (χ3v) is 2.28. The minimum absolute atomic E-state index is 0.0711. The maximum absolute atomic E-state index is 10.9. The maximum Gasteiger partial charge on any atom is 0.342 e. The first kappa shape index (κ1) is 14.8. The summed E-state index contributed by atoms with van der Waals surface area (Å²) < 4.78 is 5.26. The standard InChI is InChI=1S/C11H15N3O5/c1-13(2)4-3-5-19-10-6-8(11(15)16)9(7-12-10)14(17)18/h6-7H,3-5H2,1-2H3,(H,15,16). The molecule has 0 fully saturated rings. The molecule has 0 saturated carbocycles. The van der Waals surface area contributed by atoms with Crippen molar-refractivity contribution < 1.29 is 19.6 Å². The average Bonchev–Trinajstić information content (AvgIpc) is 2.33. The highest BCUT2D eigenvalue weighted by atomic mass is 16.6. The number of nitrogens with zero attached hydrogens (tertiary/aromatic N) is 3. The third-order valence-electron chi connectivity index (χ3n) is 2.28. The Labute approximate surface area is 109 Å². The Morgan fingerprint density at radius 3 is 2.79 bits per heavy atom. The summed E-state index contributed by atoms with van der Waals surface area (Å²) in [5.41, 5.74) is -0.976. The largest absolute Gasteiger partial charge is 0.478 e. The van der Waals surface area contributed by atoms with Gasteiger partial charge in [-0.2, -0.15) is 0 Å². The van der Waals surface area contributed by atoms with Crippen LogP contribution in [0.25, 0.3) is 0 Å². The van der Waals surface area contributed by atoms with Crippen molar-refractivity contribution in [2.75, 3.05) is 27.2 Å². The van der Waals surface area contributed by atoms with Gasteiger partial charge in [-0.25, -0.2) is 9.78 Å². The van der Waals surface area contributed by atoms with Gasteiger partial charge in [0.15, 0.2) is 0 Å². The summed E-state index contributed by atoms with van der Waals surface area (Å²) in [7, 11) is 3.85. The first-order valence-electron chi connectivity index (χ1n) is 5.57. The molecule has 0 atom stereocenters. The Kier molecular flexibility index (Phi) is 5.19. The Morgan fingerprint density at radius 1 is 1.58 bits per heavy atom. The summed E-state index contributed by atoms with van der Waals surface area (Å²) in [4.78, 5) is 26.4. The first-order valence-corrected chi connectivity index (χ1v) is 5.57. The highest BCUT2D eigenvalue weighted by Crippen LogP contribution is 2.21. The number of hydrogen-bond acceptors (Lipinski definition) is 6. The number of carboxylic acid groups (broad SMARTS) is 1. The summed E-state index contributed by atoms with van der Waals surface area (Å²) in [6.45, 7) is 1.18. The molecule has 0 radical (unpaired) electrons. The number of hydrogen-bond donors (Lipinski definition) is 1. The Morgan fingerprint density at radius 2 is 2.26 bits per heavy atom. The average molecular weight is 269 g/mol. The smallest absolute Gasteiger partial charge is 0.342 e. The van der Waals surface area contributed by atoms with E-state index < -0.39 is 22.1 Å². The molecule has 0 spiro atoms. The lowest BCUT2D eigenvalue weighted by molar-refractivity contribution is -0.385. The number of ether oxygens (including phenoxy) is 1. The first-order chi connectivity index (χ1) is 8.91. The molecular formula is C11H15N3O5. The molecule has 104 valence electrons. The minimum atomic E-state index is -1.38. The molecule has 8 heteroatoms. The van der Waals surface area contributed by atoms with Crippen molar-refractivity contribution in [3.8, 4) is 5.88 Å². The van der Waals surface area contributed by atoms with Gasteiger partial charge in [0.25, 0.3) is 0 Å². The molecule has 1 heterocycles. The molecule has 0 unspecified atom stereocenters. The summed E-state index contributed by atoms with van der Waals surface area (Å²) in [6.07, 6.45) is 1.64. The topological polar surface area (TPSA) is 106 Å². The molecule has 0 aliphatic heterocycles. The van der Waals surface area contributed by atoms with Crippen molar-refractivity contribution in [3.63, 3.8) is 0 Å². The van der Waals surface area contributed by atoms with Gasteiger partial charge in [-0.1, -0.05) is 0 Å². The van der Waals surface area contributed by atoms with Gasteiger partial charge >= 0.3 is 11.7 Å². The van der Waals surface area contributed by atoms with Gasteiger partial charge in [0.1, 0.15) is 11.8 Å². The highest BCUT2D eigenvalue weighted by Gasteiger charge is 2.21. The van der Waals surface area contributed by atoms with Crippen LogP contribution in [0.1, 0.15) is 16.8 Å². The van der Waals surface area contributed by atoms with Gasteiger partial charge in [0, 0.05) is 12.6 Å². The molecule has 19 heavy (non-hydrogen) atoms. The van der Waals surface area contributed by atoms with Gasteiger partial charge in [0.2, 0.25) is 5.88 Å². The lowest BCUT2D eigenvalue weighted by Crippen LogP contribution is -2.16. The van der Waals surface area contributed by atoms with Gasteiger partial charge < -0.3 is 14.7 Å². The second-order valence-electron chi connectivity index (χ2n) is 4.11. The molecule has 0 aliphatic carbocycles. The number of carbonyl (C=O) groups is 1. The fraction of sp³-hybridized carbons (Fsp3) is 0.455. The van der Waals surface area contributed by atoms with E-state index in [2.05, 4.69) is 4.98 Å². The molecule has 1 rings (SSSR count). The maximum atomic E-state index is 10.9. The van der Waals surface area contributed by atoms with E-state index in [4.69, 9.17) is 9.84 Å². The van der Waals surface area contributed by atoms with E-state index in [0.29, 0.717) is 6.61 Å².